The van der Waals surface area contributed by atoms with Gasteiger partial charge in [-0.05, 0) is 31.0 Å². The van der Waals surface area contributed by atoms with Gasteiger partial charge in [-0.1, -0.05) is 11.6 Å². The summed E-state index contributed by atoms with van der Waals surface area (Å²) in [5.74, 6) is 4.52. The molecule has 0 unspecified atom stereocenters. The van der Waals surface area contributed by atoms with Crippen LogP contribution in [0.15, 0.2) is 23.1 Å². The molecule has 1 atom stereocenters. The van der Waals surface area contributed by atoms with Crippen LogP contribution in [0.2, 0.25) is 5.02 Å². The van der Waals surface area contributed by atoms with E-state index in [0.29, 0.717) is 24.4 Å². The monoisotopic (exact) mass is 347 g/mol. The van der Waals surface area contributed by atoms with Crippen molar-refractivity contribution in [3.63, 3.8) is 0 Å². The Labute approximate surface area is 134 Å². The van der Waals surface area contributed by atoms with Gasteiger partial charge in [-0.2, -0.15) is 4.31 Å². The number of sulfonamides is 1. The fraction of sp³-hybridized carbons (Fsp3) is 0.462. The number of carbonyl (C=O) groups is 1. The zero-order valence-corrected chi connectivity index (χ0v) is 13.7. The van der Waals surface area contributed by atoms with Crippen molar-refractivity contribution < 1.29 is 17.9 Å². The lowest BCUT2D eigenvalue weighted by atomic mass is 9.99. The predicted molar refractivity (Wildman–Crippen MR) is 81.8 cm³/mol. The highest BCUT2D eigenvalue weighted by Crippen LogP contribution is 2.31. The van der Waals surface area contributed by atoms with Crippen LogP contribution in [0.1, 0.15) is 12.8 Å². The molecule has 0 saturated carbocycles. The number of carbonyl (C=O) groups excluding carboxylic acids is 1. The van der Waals surface area contributed by atoms with Crippen LogP contribution in [0.3, 0.4) is 0 Å². The molecule has 3 N–H and O–H groups in total. The van der Waals surface area contributed by atoms with Crippen molar-refractivity contribution in [1.29, 1.82) is 0 Å². The van der Waals surface area contributed by atoms with Gasteiger partial charge < -0.3 is 4.74 Å². The maximum atomic E-state index is 12.8. The Morgan fingerprint density at radius 1 is 1.50 bits per heavy atom. The van der Waals surface area contributed by atoms with Gasteiger partial charge in [0, 0.05) is 18.1 Å². The zero-order valence-electron chi connectivity index (χ0n) is 12.1. The molecule has 2 rings (SSSR count). The Morgan fingerprint density at radius 2 is 2.23 bits per heavy atom. The summed E-state index contributed by atoms with van der Waals surface area (Å²) < 4.78 is 32.0. The first-order valence-corrected chi connectivity index (χ1v) is 8.56. The van der Waals surface area contributed by atoms with Crippen LogP contribution in [-0.2, 0) is 14.8 Å². The highest BCUT2D eigenvalue weighted by Gasteiger charge is 2.34. The molecule has 1 aliphatic heterocycles. The fourth-order valence-corrected chi connectivity index (χ4v) is 4.43. The third-order valence-electron chi connectivity index (χ3n) is 3.64. The van der Waals surface area contributed by atoms with E-state index in [1.165, 1.54) is 23.5 Å². The van der Waals surface area contributed by atoms with Crippen LogP contribution >= 0.6 is 11.6 Å². The van der Waals surface area contributed by atoms with Crippen LogP contribution in [-0.4, -0.2) is 38.8 Å². The van der Waals surface area contributed by atoms with Gasteiger partial charge in [0.2, 0.25) is 15.9 Å². The van der Waals surface area contributed by atoms with Crippen molar-refractivity contribution in [2.75, 3.05) is 20.2 Å². The second kappa shape index (κ2) is 6.82. The fourth-order valence-electron chi connectivity index (χ4n) is 2.48. The number of ether oxygens (including phenoxy) is 1. The van der Waals surface area contributed by atoms with E-state index in [9.17, 15) is 13.2 Å². The molecule has 122 valence electrons. The number of nitrogens with two attached hydrogens (primary N) is 1. The zero-order chi connectivity index (χ0) is 16.3. The lowest BCUT2D eigenvalue weighted by Gasteiger charge is -2.31. The normalized spacial score (nSPS) is 19.7. The quantitative estimate of drug-likeness (QED) is 0.475. The van der Waals surface area contributed by atoms with Crippen molar-refractivity contribution in [2.24, 2.45) is 11.8 Å². The summed E-state index contributed by atoms with van der Waals surface area (Å²) in [5.41, 5.74) is 2.07. The highest BCUT2D eigenvalue weighted by atomic mass is 35.5. The molecule has 7 nitrogen and oxygen atoms in total. The summed E-state index contributed by atoms with van der Waals surface area (Å²) in [6, 6.07) is 4.41. The average Bonchev–Trinajstić information content (AvgIpc) is 2.54. The average molecular weight is 348 g/mol. The number of hydrazine groups is 1. The lowest BCUT2D eigenvalue weighted by Crippen LogP contribution is -2.46. The van der Waals surface area contributed by atoms with Crippen LogP contribution < -0.4 is 16.0 Å². The number of nitrogens with one attached hydrogen (secondary N) is 1. The predicted octanol–water partition coefficient (Wildman–Crippen LogP) is 0.739. The largest absolute Gasteiger partial charge is 0.495 e. The summed E-state index contributed by atoms with van der Waals surface area (Å²) >= 11 is 5.90. The Morgan fingerprint density at radius 3 is 2.86 bits per heavy atom. The molecule has 1 aromatic rings. The molecule has 1 aliphatic rings. The van der Waals surface area contributed by atoms with E-state index in [4.69, 9.17) is 22.2 Å². The minimum atomic E-state index is -3.80. The number of rotatable bonds is 4. The van der Waals surface area contributed by atoms with Gasteiger partial charge in [-0.15, -0.1) is 0 Å². The van der Waals surface area contributed by atoms with Crippen LogP contribution in [0.5, 0.6) is 5.75 Å². The molecular formula is C13H18ClN3O4S. The molecule has 0 bridgehead atoms. The van der Waals surface area contributed by atoms with Gasteiger partial charge in [0.1, 0.15) is 10.6 Å². The van der Waals surface area contributed by atoms with Gasteiger partial charge >= 0.3 is 0 Å². The van der Waals surface area contributed by atoms with Crippen molar-refractivity contribution in [2.45, 2.75) is 17.7 Å². The summed E-state index contributed by atoms with van der Waals surface area (Å²) in [4.78, 5) is 11.6. The molecule has 0 radical (unpaired) electrons. The standard InChI is InChI=1S/C13H18ClN3O4S/c1-21-11-5-4-10(14)7-12(11)22(19,20)17-6-2-3-9(8-17)13(18)16-15/h4-5,7,9H,2-3,6,8,15H2,1H3,(H,16,18)/t9-/m1/s1. The molecular weight excluding hydrogens is 330 g/mol. The molecule has 1 amide bonds. The van der Waals surface area contributed by atoms with Crippen molar-refractivity contribution >= 4 is 27.5 Å². The Hall–Kier alpha value is -1.35. The van der Waals surface area contributed by atoms with Crippen LogP contribution in [0.25, 0.3) is 0 Å². The number of halogens is 1. The number of hydrogen-bond donors (Lipinski definition) is 2. The maximum Gasteiger partial charge on any atom is 0.246 e. The SMILES string of the molecule is COc1ccc(Cl)cc1S(=O)(=O)N1CCC[C@@H](C(=O)NN)C1. The first-order valence-electron chi connectivity index (χ1n) is 6.74. The van der Waals surface area contributed by atoms with Gasteiger partial charge in [-0.3, -0.25) is 10.2 Å². The molecule has 1 fully saturated rings. The number of piperidine rings is 1. The minimum absolute atomic E-state index is 0.00342. The molecule has 0 aromatic heterocycles. The summed E-state index contributed by atoms with van der Waals surface area (Å²) in [6.45, 7) is 0.424. The van der Waals surface area contributed by atoms with E-state index in [0.717, 1.165) is 0 Å². The van der Waals surface area contributed by atoms with Crippen LogP contribution in [0, 0.1) is 5.92 Å². The van der Waals surface area contributed by atoms with Gasteiger partial charge in [0.15, 0.2) is 0 Å². The number of nitrogens with zero attached hydrogens (tertiary/aromatic N) is 1. The second-order valence-electron chi connectivity index (χ2n) is 5.01. The molecule has 9 heteroatoms. The number of methoxy groups -OCH3 is 1. The van der Waals surface area contributed by atoms with E-state index < -0.39 is 15.9 Å². The first-order chi connectivity index (χ1) is 10.4. The van der Waals surface area contributed by atoms with E-state index in [2.05, 4.69) is 5.43 Å². The molecule has 1 aromatic carbocycles. The lowest BCUT2D eigenvalue weighted by molar-refractivity contribution is -0.126. The summed E-state index contributed by atoms with van der Waals surface area (Å²) in [7, 11) is -2.41. The third kappa shape index (κ3) is 3.35. The Balaban J connectivity index is 2.34. The van der Waals surface area contributed by atoms with Crippen LogP contribution in [0.4, 0.5) is 0 Å². The summed E-state index contributed by atoms with van der Waals surface area (Å²) in [5, 5.41) is 0.299. The number of hydrogen-bond acceptors (Lipinski definition) is 5. The van der Waals surface area contributed by atoms with Gasteiger partial charge in [0.25, 0.3) is 0 Å². The molecule has 1 saturated heterocycles. The maximum absolute atomic E-state index is 12.8. The molecule has 22 heavy (non-hydrogen) atoms. The second-order valence-corrected chi connectivity index (χ2v) is 7.35. The Kier molecular flexibility index (Phi) is 5.28. The van der Waals surface area contributed by atoms with Crippen molar-refractivity contribution in [3.8, 4) is 5.75 Å². The van der Waals surface area contributed by atoms with Gasteiger partial charge in [0.05, 0.1) is 13.0 Å². The van der Waals surface area contributed by atoms with Crippen molar-refractivity contribution in [1.82, 2.24) is 9.73 Å². The molecule has 0 aliphatic carbocycles. The smallest absolute Gasteiger partial charge is 0.246 e. The van der Waals surface area contributed by atoms with E-state index in [1.54, 1.807) is 6.07 Å². The van der Waals surface area contributed by atoms with E-state index in [-0.39, 0.29) is 23.1 Å². The third-order valence-corrected chi connectivity index (χ3v) is 5.76. The minimum Gasteiger partial charge on any atom is -0.495 e. The van der Waals surface area contributed by atoms with E-state index >= 15 is 0 Å². The molecule has 1 heterocycles. The van der Waals surface area contributed by atoms with E-state index in [1.807, 2.05) is 0 Å². The van der Waals surface area contributed by atoms with Gasteiger partial charge in [-0.25, -0.2) is 14.3 Å². The van der Waals surface area contributed by atoms with Crippen molar-refractivity contribution in [3.05, 3.63) is 23.2 Å². The molecule has 0 spiro atoms. The topological polar surface area (TPSA) is 102 Å². The summed E-state index contributed by atoms with van der Waals surface area (Å²) in [6.07, 6.45) is 1.18. The highest BCUT2D eigenvalue weighted by molar-refractivity contribution is 7.89. The number of amides is 1. The first kappa shape index (κ1) is 17.0. The number of benzene rings is 1. The Bertz CT molecular complexity index is 665.